The lowest BCUT2D eigenvalue weighted by molar-refractivity contribution is 0.431. The van der Waals surface area contributed by atoms with E-state index in [1.54, 1.807) is 16.3 Å². The lowest BCUT2D eigenvalue weighted by Crippen LogP contribution is -2.33. The summed E-state index contributed by atoms with van der Waals surface area (Å²) in [5, 5.41) is 11.8. The van der Waals surface area contributed by atoms with Gasteiger partial charge in [0.2, 0.25) is 0 Å². The average Bonchev–Trinajstić information content (AvgIpc) is 2.93. The number of aromatic amines is 1. The number of nitrogens with one attached hydrogen (secondary N) is 2. The number of thioether (sulfide) groups is 1. The Bertz CT molecular complexity index is 482. The van der Waals surface area contributed by atoms with Gasteiger partial charge in [-0.1, -0.05) is 25.6 Å². The Labute approximate surface area is 124 Å². The molecule has 6 heteroatoms. The highest BCUT2D eigenvalue weighted by atomic mass is 32.2. The van der Waals surface area contributed by atoms with Crippen molar-refractivity contribution >= 4 is 11.8 Å². The zero-order chi connectivity index (χ0) is 14.7. The van der Waals surface area contributed by atoms with Gasteiger partial charge in [-0.2, -0.15) is 0 Å². The molecule has 0 aromatic carbocycles. The summed E-state index contributed by atoms with van der Waals surface area (Å²) in [5.74, 6) is 0.610. The van der Waals surface area contributed by atoms with Crippen LogP contribution in [0.25, 0.3) is 0 Å². The summed E-state index contributed by atoms with van der Waals surface area (Å²) in [6.07, 6.45) is 3.58. The van der Waals surface area contributed by atoms with E-state index in [1.807, 2.05) is 13.8 Å². The maximum absolute atomic E-state index is 11.8. The lowest BCUT2D eigenvalue weighted by atomic mass is 10.1. The summed E-state index contributed by atoms with van der Waals surface area (Å²) in [7, 11) is 0. The van der Waals surface area contributed by atoms with Crippen LogP contribution in [-0.2, 0) is 0 Å². The van der Waals surface area contributed by atoms with E-state index < -0.39 is 0 Å². The van der Waals surface area contributed by atoms with Crippen LogP contribution < -0.4 is 11.0 Å². The quantitative estimate of drug-likeness (QED) is 0.846. The summed E-state index contributed by atoms with van der Waals surface area (Å²) in [6, 6.07) is 0.750. The summed E-state index contributed by atoms with van der Waals surface area (Å²) >= 11 is 1.75. The second-order valence-corrected chi connectivity index (χ2v) is 7.13. The fourth-order valence-electron chi connectivity index (χ4n) is 2.88. The van der Waals surface area contributed by atoms with Crippen molar-refractivity contribution in [2.45, 2.75) is 69.4 Å². The third-order valence-electron chi connectivity index (χ3n) is 4.09. The van der Waals surface area contributed by atoms with Crippen molar-refractivity contribution in [1.82, 2.24) is 20.1 Å². The van der Waals surface area contributed by atoms with Gasteiger partial charge in [0.15, 0.2) is 5.16 Å². The molecule has 1 aromatic heterocycles. The molecule has 2 rings (SSSR count). The number of H-pyrrole nitrogens is 1. The highest BCUT2D eigenvalue weighted by Gasteiger charge is 2.34. The Kier molecular flexibility index (Phi) is 5.32. The van der Waals surface area contributed by atoms with Crippen LogP contribution in [0.3, 0.4) is 0 Å². The van der Waals surface area contributed by atoms with Crippen LogP contribution in [0.15, 0.2) is 9.95 Å². The molecule has 0 saturated heterocycles. The maximum atomic E-state index is 11.8. The molecule has 1 saturated carbocycles. The molecular weight excluding hydrogens is 272 g/mol. The summed E-state index contributed by atoms with van der Waals surface area (Å²) in [6.45, 7) is 9.63. The Balaban J connectivity index is 2.03. The highest BCUT2D eigenvalue weighted by Crippen LogP contribution is 2.38. The first kappa shape index (κ1) is 15.6. The predicted molar refractivity (Wildman–Crippen MR) is 83.4 cm³/mol. The van der Waals surface area contributed by atoms with E-state index in [9.17, 15) is 4.79 Å². The zero-order valence-electron chi connectivity index (χ0n) is 12.8. The normalized spacial score (nSPS) is 26.6. The molecule has 3 atom stereocenters. The Morgan fingerprint density at radius 2 is 2.25 bits per heavy atom. The van der Waals surface area contributed by atoms with Crippen LogP contribution >= 0.6 is 11.8 Å². The van der Waals surface area contributed by atoms with E-state index in [4.69, 9.17) is 0 Å². The average molecular weight is 298 g/mol. The van der Waals surface area contributed by atoms with Gasteiger partial charge in [-0.15, -0.1) is 5.10 Å². The molecule has 0 amide bonds. The minimum absolute atomic E-state index is 0.103. The first-order chi connectivity index (χ1) is 9.54. The van der Waals surface area contributed by atoms with E-state index >= 15 is 0 Å². The topological polar surface area (TPSA) is 62.7 Å². The molecule has 0 bridgehead atoms. The van der Waals surface area contributed by atoms with Gasteiger partial charge >= 0.3 is 5.69 Å². The van der Waals surface area contributed by atoms with Gasteiger partial charge in [-0.3, -0.25) is 4.57 Å². The van der Waals surface area contributed by atoms with Crippen molar-refractivity contribution in [3.8, 4) is 0 Å². The lowest BCUT2D eigenvalue weighted by Gasteiger charge is -2.21. The maximum Gasteiger partial charge on any atom is 0.344 e. The van der Waals surface area contributed by atoms with Crippen LogP contribution in [0.5, 0.6) is 0 Å². The van der Waals surface area contributed by atoms with E-state index in [1.165, 1.54) is 19.3 Å². The number of hydrogen-bond donors (Lipinski definition) is 2. The van der Waals surface area contributed by atoms with Crippen LogP contribution in [-0.4, -0.2) is 32.6 Å². The van der Waals surface area contributed by atoms with Crippen LogP contribution in [0.1, 0.15) is 53.0 Å². The number of hydrogen-bond acceptors (Lipinski definition) is 4. The van der Waals surface area contributed by atoms with Crippen LogP contribution in [0.2, 0.25) is 0 Å². The highest BCUT2D eigenvalue weighted by molar-refractivity contribution is 7.99. The zero-order valence-corrected chi connectivity index (χ0v) is 13.7. The molecule has 1 fully saturated rings. The minimum atomic E-state index is -0.103. The molecule has 1 heterocycles. The molecule has 2 N–H and O–H groups in total. The molecule has 114 valence electrons. The second-order valence-electron chi connectivity index (χ2n) is 5.93. The van der Waals surface area contributed by atoms with E-state index in [-0.39, 0.29) is 11.7 Å². The molecule has 0 aliphatic heterocycles. The summed E-state index contributed by atoms with van der Waals surface area (Å²) in [4.78, 5) is 11.8. The van der Waals surface area contributed by atoms with Crippen LogP contribution in [0, 0.1) is 5.92 Å². The molecule has 5 nitrogen and oxygen atoms in total. The third-order valence-corrected chi connectivity index (χ3v) is 5.55. The first-order valence-electron chi connectivity index (χ1n) is 7.61. The van der Waals surface area contributed by atoms with Gasteiger partial charge in [-0.25, -0.2) is 9.89 Å². The molecule has 1 aliphatic carbocycles. The fourth-order valence-corrected chi connectivity index (χ4v) is 4.31. The van der Waals surface area contributed by atoms with Crippen molar-refractivity contribution in [3.63, 3.8) is 0 Å². The van der Waals surface area contributed by atoms with E-state index in [0.29, 0.717) is 17.2 Å². The Morgan fingerprint density at radius 1 is 1.50 bits per heavy atom. The summed E-state index contributed by atoms with van der Waals surface area (Å²) in [5.41, 5.74) is -0.103. The third kappa shape index (κ3) is 3.28. The largest absolute Gasteiger partial charge is 0.344 e. The van der Waals surface area contributed by atoms with Gasteiger partial charge < -0.3 is 5.32 Å². The van der Waals surface area contributed by atoms with Gasteiger partial charge in [0.25, 0.3) is 0 Å². The van der Waals surface area contributed by atoms with Crippen molar-refractivity contribution in [2.75, 3.05) is 6.54 Å². The number of nitrogens with zero attached hydrogens (tertiary/aromatic N) is 2. The van der Waals surface area contributed by atoms with Gasteiger partial charge in [0.05, 0.1) is 0 Å². The number of rotatable bonds is 6. The number of aromatic nitrogens is 3. The molecule has 1 aliphatic rings. The van der Waals surface area contributed by atoms with Crippen molar-refractivity contribution < 1.29 is 0 Å². The molecule has 0 spiro atoms. The smallest absolute Gasteiger partial charge is 0.314 e. The predicted octanol–water partition coefficient (Wildman–Crippen LogP) is 2.41. The van der Waals surface area contributed by atoms with Gasteiger partial charge in [0, 0.05) is 17.3 Å². The minimum Gasteiger partial charge on any atom is -0.314 e. The van der Waals surface area contributed by atoms with Gasteiger partial charge in [0.1, 0.15) is 0 Å². The van der Waals surface area contributed by atoms with Crippen LogP contribution in [0.4, 0.5) is 0 Å². The first-order valence-corrected chi connectivity index (χ1v) is 8.49. The molecule has 3 unspecified atom stereocenters. The van der Waals surface area contributed by atoms with Gasteiger partial charge in [-0.05, 0) is 45.6 Å². The van der Waals surface area contributed by atoms with Crippen molar-refractivity contribution in [1.29, 1.82) is 0 Å². The Morgan fingerprint density at radius 3 is 2.90 bits per heavy atom. The Hall–Kier alpha value is -0.750. The standard InChI is InChI=1S/C14H26N4OS/c1-5-8-15-11-6-7-12(10(11)4)20-14-17-16-13(19)18(14)9(2)3/h9-12,15H,5-8H2,1-4H3,(H,16,19). The second kappa shape index (κ2) is 6.80. The van der Waals surface area contributed by atoms with Crippen molar-refractivity contribution in [3.05, 3.63) is 10.5 Å². The summed E-state index contributed by atoms with van der Waals surface area (Å²) < 4.78 is 1.75. The van der Waals surface area contributed by atoms with Crippen molar-refractivity contribution in [2.24, 2.45) is 5.92 Å². The van der Waals surface area contributed by atoms with E-state index in [2.05, 4.69) is 29.4 Å². The molecule has 0 radical (unpaired) electrons. The fraction of sp³-hybridized carbons (Fsp3) is 0.857. The molecule has 1 aromatic rings. The molecule has 20 heavy (non-hydrogen) atoms. The SMILES string of the molecule is CCCNC1CCC(Sc2n[nH]c(=O)n2C(C)C)C1C. The van der Waals surface area contributed by atoms with E-state index in [0.717, 1.165) is 11.7 Å². The monoisotopic (exact) mass is 298 g/mol. The molecular formula is C14H26N4OS.